The van der Waals surface area contributed by atoms with Gasteiger partial charge in [-0.15, -0.1) is 0 Å². The summed E-state index contributed by atoms with van der Waals surface area (Å²) < 4.78 is 5.37. The summed E-state index contributed by atoms with van der Waals surface area (Å²) in [6.07, 6.45) is 1.55. The predicted octanol–water partition coefficient (Wildman–Crippen LogP) is 3.31. The van der Waals surface area contributed by atoms with E-state index in [0.29, 0.717) is 16.3 Å². The van der Waals surface area contributed by atoms with Gasteiger partial charge in [-0.3, -0.25) is 9.78 Å². The van der Waals surface area contributed by atoms with E-state index < -0.39 is 0 Å². The molecule has 0 fully saturated rings. The van der Waals surface area contributed by atoms with Crippen LogP contribution in [0, 0.1) is 6.92 Å². The lowest BCUT2D eigenvalue weighted by Gasteiger charge is -2.05. The number of nitrogens with zero attached hydrogens (tertiary/aromatic N) is 1. The molecule has 92 valence electrons. The minimum atomic E-state index is -0.109. The molecule has 0 spiro atoms. The summed E-state index contributed by atoms with van der Waals surface area (Å²) in [6, 6.07) is 10.5. The number of carbonyl (C=O) groups excluding carboxylic acids is 1. The van der Waals surface area contributed by atoms with Crippen molar-refractivity contribution in [2.45, 2.75) is 6.92 Å². The number of hydrogen-bond donors (Lipinski definition) is 0. The van der Waals surface area contributed by atoms with Crippen molar-refractivity contribution in [3.63, 3.8) is 0 Å². The van der Waals surface area contributed by atoms with Crippen LogP contribution < -0.4 is 4.74 Å². The standard InChI is InChI=1S/C14H12ClNO2/c1-10-5-6-11(8-16-10)14(17)9-18-13-4-2-3-12(15)7-13/h2-8H,9H2,1H3. The molecular formula is C14H12ClNO2. The molecule has 4 heteroatoms. The molecule has 0 aliphatic heterocycles. The molecule has 0 unspecified atom stereocenters. The molecule has 1 heterocycles. The van der Waals surface area contributed by atoms with Crippen molar-refractivity contribution < 1.29 is 9.53 Å². The molecule has 0 atom stereocenters. The molecule has 0 N–H and O–H groups in total. The highest BCUT2D eigenvalue weighted by Crippen LogP contribution is 2.17. The highest BCUT2D eigenvalue weighted by molar-refractivity contribution is 6.30. The number of ketones is 1. The number of hydrogen-bond acceptors (Lipinski definition) is 3. The second-order valence-electron chi connectivity index (χ2n) is 3.86. The molecule has 0 aliphatic rings. The third kappa shape index (κ3) is 3.31. The molecule has 2 rings (SSSR count). The van der Waals surface area contributed by atoms with Crippen molar-refractivity contribution in [1.82, 2.24) is 4.98 Å². The van der Waals surface area contributed by atoms with Crippen LogP contribution in [0.25, 0.3) is 0 Å². The van der Waals surface area contributed by atoms with E-state index in [1.54, 1.807) is 42.6 Å². The second kappa shape index (κ2) is 5.65. The largest absolute Gasteiger partial charge is 0.485 e. The lowest BCUT2D eigenvalue weighted by molar-refractivity contribution is 0.0921. The number of Topliss-reactive ketones (excluding diaryl/α,β-unsaturated/α-hetero) is 1. The fourth-order valence-electron chi connectivity index (χ4n) is 1.42. The minimum Gasteiger partial charge on any atom is -0.485 e. The Morgan fingerprint density at radius 1 is 1.33 bits per heavy atom. The van der Waals surface area contributed by atoms with Gasteiger partial charge in [-0.25, -0.2) is 0 Å². The lowest BCUT2D eigenvalue weighted by Crippen LogP contribution is -2.11. The van der Waals surface area contributed by atoms with Gasteiger partial charge < -0.3 is 4.74 Å². The van der Waals surface area contributed by atoms with Crippen molar-refractivity contribution >= 4 is 17.4 Å². The average molecular weight is 262 g/mol. The summed E-state index contributed by atoms with van der Waals surface area (Å²) in [4.78, 5) is 15.9. The van der Waals surface area contributed by atoms with Gasteiger partial charge in [0.15, 0.2) is 6.61 Å². The van der Waals surface area contributed by atoms with Crippen LogP contribution in [0.5, 0.6) is 5.75 Å². The van der Waals surface area contributed by atoms with E-state index in [2.05, 4.69) is 4.98 Å². The van der Waals surface area contributed by atoms with Gasteiger partial charge in [0.1, 0.15) is 5.75 Å². The molecule has 1 aromatic carbocycles. The summed E-state index contributed by atoms with van der Waals surface area (Å²) in [5, 5.41) is 0.581. The molecule has 1 aromatic heterocycles. The van der Waals surface area contributed by atoms with Crippen LogP contribution in [0.2, 0.25) is 5.02 Å². The maximum absolute atomic E-state index is 11.8. The molecule has 18 heavy (non-hydrogen) atoms. The zero-order valence-electron chi connectivity index (χ0n) is 9.89. The third-order valence-corrected chi connectivity index (χ3v) is 2.63. The lowest BCUT2D eigenvalue weighted by atomic mass is 10.2. The number of rotatable bonds is 4. The van der Waals surface area contributed by atoms with Gasteiger partial charge >= 0.3 is 0 Å². The molecule has 0 radical (unpaired) electrons. The zero-order chi connectivity index (χ0) is 13.0. The summed E-state index contributed by atoms with van der Waals surface area (Å²) in [7, 11) is 0. The Hall–Kier alpha value is -1.87. The first kappa shape index (κ1) is 12.6. The smallest absolute Gasteiger partial charge is 0.201 e. The topological polar surface area (TPSA) is 39.2 Å². The Bertz CT molecular complexity index is 552. The second-order valence-corrected chi connectivity index (χ2v) is 4.29. The van der Waals surface area contributed by atoms with E-state index in [1.165, 1.54) is 0 Å². The zero-order valence-corrected chi connectivity index (χ0v) is 10.6. The molecule has 0 aliphatic carbocycles. The molecule has 2 aromatic rings. The Morgan fingerprint density at radius 2 is 2.17 bits per heavy atom. The van der Waals surface area contributed by atoms with Crippen LogP contribution in [0.4, 0.5) is 0 Å². The summed E-state index contributed by atoms with van der Waals surface area (Å²) >= 11 is 5.82. The van der Waals surface area contributed by atoms with Gasteiger partial charge in [0, 0.05) is 22.5 Å². The van der Waals surface area contributed by atoms with Gasteiger partial charge in [-0.2, -0.15) is 0 Å². The first-order valence-electron chi connectivity index (χ1n) is 5.49. The van der Waals surface area contributed by atoms with Crippen molar-refractivity contribution in [2.75, 3.05) is 6.61 Å². The summed E-state index contributed by atoms with van der Waals surface area (Å²) in [5.74, 6) is 0.471. The number of ether oxygens (including phenoxy) is 1. The summed E-state index contributed by atoms with van der Waals surface area (Å²) in [5.41, 5.74) is 1.42. The molecule has 0 bridgehead atoms. The van der Waals surface area contributed by atoms with Gasteiger partial charge in [-0.1, -0.05) is 17.7 Å². The van der Waals surface area contributed by atoms with Crippen LogP contribution in [-0.2, 0) is 0 Å². The van der Waals surface area contributed by atoms with Crippen LogP contribution >= 0.6 is 11.6 Å². The van der Waals surface area contributed by atoms with Crippen molar-refractivity contribution in [2.24, 2.45) is 0 Å². The number of pyridine rings is 1. The minimum absolute atomic E-state index is 0.0227. The fraction of sp³-hybridized carbons (Fsp3) is 0.143. The number of aryl methyl sites for hydroxylation is 1. The van der Waals surface area contributed by atoms with E-state index in [1.807, 2.05) is 6.92 Å². The Kier molecular flexibility index (Phi) is 3.95. The summed E-state index contributed by atoms with van der Waals surface area (Å²) in [6.45, 7) is 1.85. The molecular weight excluding hydrogens is 250 g/mol. The van der Waals surface area contributed by atoms with Gasteiger partial charge in [0.25, 0.3) is 0 Å². The number of halogens is 1. The normalized spacial score (nSPS) is 10.1. The number of aromatic nitrogens is 1. The van der Waals surface area contributed by atoms with E-state index in [4.69, 9.17) is 16.3 Å². The third-order valence-electron chi connectivity index (χ3n) is 2.40. The highest BCUT2D eigenvalue weighted by atomic mass is 35.5. The monoisotopic (exact) mass is 261 g/mol. The predicted molar refractivity (Wildman–Crippen MR) is 70.3 cm³/mol. The molecule has 0 saturated carbocycles. The average Bonchev–Trinajstić information content (AvgIpc) is 2.37. The van der Waals surface area contributed by atoms with Crippen LogP contribution in [0.3, 0.4) is 0 Å². The first-order valence-corrected chi connectivity index (χ1v) is 5.87. The Labute approximate surface area is 110 Å². The fourth-order valence-corrected chi connectivity index (χ4v) is 1.60. The Morgan fingerprint density at radius 3 is 2.83 bits per heavy atom. The van der Waals surface area contributed by atoms with Crippen molar-refractivity contribution in [3.05, 3.63) is 58.9 Å². The van der Waals surface area contributed by atoms with Crippen LogP contribution in [0.15, 0.2) is 42.6 Å². The molecule has 0 saturated heterocycles. The molecule has 0 amide bonds. The van der Waals surface area contributed by atoms with E-state index >= 15 is 0 Å². The maximum atomic E-state index is 11.8. The van der Waals surface area contributed by atoms with Crippen molar-refractivity contribution in [1.29, 1.82) is 0 Å². The van der Waals surface area contributed by atoms with Crippen LogP contribution in [-0.4, -0.2) is 17.4 Å². The quantitative estimate of drug-likeness (QED) is 0.793. The first-order chi connectivity index (χ1) is 8.65. The van der Waals surface area contributed by atoms with Crippen molar-refractivity contribution in [3.8, 4) is 5.75 Å². The molecule has 3 nitrogen and oxygen atoms in total. The van der Waals surface area contributed by atoms with E-state index in [0.717, 1.165) is 5.69 Å². The van der Waals surface area contributed by atoms with E-state index in [9.17, 15) is 4.79 Å². The highest BCUT2D eigenvalue weighted by Gasteiger charge is 2.07. The van der Waals surface area contributed by atoms with E-state index in [-0.39, 0.29) is 12.4 Å². The van der Waals surface area contributed by atoms with Crippen LogP contribution in [0.1, 0.15) is 16.1 Å². The number of benzene rings is 1. The maximum Gasteiger partial charge on any atom is 0.201 e. The van der Waals surface area contributed by atoms with Gasteiger partial charge in [0.2, 0.25) is 5.78 Å². The van der Waals surface area contributed by atoms with Gasteiger partial charge in [-0.05, 0) is 37.3 Å². The SMILES string of the molecule is Cc1ccc(C(=O)COc2cccc(Cl)c2)cn1. The Balaban J connectivity index is 1.98. The van der Waals surface area contributed by atoms with Gasteiger partial charge in [0.05, 0.1) is 0 Å². The number of carbonyl (C=O) groups is 1.